The van der Waals surface area contributed by atoms with E-state index < -0.39 is 19.7 Å². The van der Waals surface area contributed by atoms with Gasteiger partial charge in [-0.25, -0.2) is 16.8 Å². The molecular weight excluding hydrogens is 617 g/mol. The number of para-hydroxylation sites is 4. The average Bonchev–Trinajstić information content (AvgIpc) is 3.10. The molecule has 0 saturated heterocycles. The van der Waals surface area contributed by atoms with E-state index >= 15 is 0 Å². The zero-order valence-corrected chi connectivity index (χ0v) is 25.7. The summed E-state index contributed by atoms with van der Waals surface area (Å²) in [7, 11) is -7.34. The molecule has 8 nitrogen and oxygen atoms in total. The van der Waals surface area contributed by atoms with Crippen molar-refractivity contribution in [1.82, 2.24) is 19.9 Å². The van der Waals surface area contributed by atoms with Crippen LogP contribution < -0.4 is 0 Å². The van der Waals surface area contributed by atoms with E-state index in [1.54, 1.807) is 72.8 Å². The molecule has 0 N–H and O–H groups in total. The third kappa shape index (κ3) is 5.13. The minimum Gasteiger partial charge on any atom is -0.256 e. The molecule has 0 radical (unpaired) electrons. The van der Waals surface area contributed by atoms with Gasteiger partial charge in [0.2, 0.25) is 19.7 Å². The summed E-state index contributed by atoms with van der Waals surface area (Å²) in [5.74, 6) is 0. The van der Waals surface area contributed by atoms with Gasteiger partial charge in [-0.3, -0.25) is 19.9 Å². The smallest absolute Gasteiger partial charge is 0.208 e. The molecule has 46 heavy (non-hydrogen) atoms. The molecule has 4 aromatic heterocycles. The summed E-state index contributed by atoms with van der Waals surface area (Å²) in [5.41, 5.74) is 2.64. The Morgan fingerprint density at radius 3 is 0.761 bits per heavy atom. The van der Waals surface area contributed by atoms with Gasteiger partial charge in [0, 0.05) is 46.3 Å². The van der Waals surface area contributed by atoms with Crippen LogP contribution in [-0.2, 0) is 19.7 Å². The summed E-state index contributed by atoms with van der Waals surface area (Å²) in [6, 6.07) is 35.1. The molecule has 0 aliphatic heterocycles. The fraction of sp³-hybridized carbons (Fsp3) is 0. The van der Waals surface area contributed by atoms with Gasteiger partial charge in [0.15, 0.2) is 0 Å². The lowest BCUT2D eigenvalue weighted by Gasteiger charge is -2.10. The first kappa shape index (κ1) is 29.1. The van der Waals surface area contributed by atoms with Crippen molar-refractivity contribution in [2.45, 2.75) is 19.6 Å². The van der Waals surface area contributed by atoms with Crippen LogP contribution in [0.25, 0.3) is 43.6 Å². The van der Waals surface area contributed by atoms with Gasteiger partial charge in [0.1, 0.15) is 0 Å². The summed E-state index contributed by atoms with van der Waals surface area (Å²) < 4.78 is 52.8. The maximum absolute atomic E-state index is 13.2. The molecule has 0 fully saturated rings. The lowest BCUT2D eigenvalue weighted by atomic mass is 10.2. The standard InChI is InChI=1S/2C18H12N2O2S/c2*21-23(22,17-9-11-19-15-7-3-1-5-13(15)17)18-10-12-20-16-8-4-2-6-14(16)18/h2*1-12H. The van der Waals surface area contributed by atoms with Gasteiger partial charge in [-0.15, -0.1) is 0 Å². The maximum atomic E-state index is 13.2. The van der Waals surface area contributed by atoms with Crippen LogP contribution in [0.4, 0.5) is 0 Å². The number of hydrogen-bond donors (Lipinski definition) is 0. The molecule has 0 bridgehead atoms. The van der Waals surface area contributed by atoms with Crippen LogP contribution in [-0.4, -0.2) is 36.8 Å². The number of hydrogen-bond acceptors (Lipinski definition) is 8. The Balaban J connectivity index is 0.000000147. The Morgan fingerprint density at radius 1 is 0.304 bits per heavy atom. The molecule has 0 aliphatic rings. The highest BCUT2D eigenvalue weighted by Gasteiger charge is 2.24. The Hall–Kier alpha value is -5.58. The molecule has 4 aromatic carbocycles. The van der Waals surface area contributed by atoms with Crippen molar-refractivity contribution in [1.29, 1.82) is 0 Å². The quantitative estimate of drug-likeness (QED) is 0.198. The predicted molar refractivity (Wildman–Crippen MR) is 178 cm³/mol. The van der Waals surface area contributed by atoms with Gasteiger partial charge >= 0.3 is 0 Å². The van der Waals surface area contributed by atoms with Crippen LogP contribution in [0, 0.1) is 0 Å². The number of benzene rings is 4. The molecule has 0 unspecified atom stereocenters. The highest BCUT2D eigenvalue weighted by atomic mass is 32.2. The van der Waals surface area contributed by atoms with E-state index in [1.807, 2.05) is 48.5 Å². The normalized spacial score (nSPS) is 11.8. The molecule has 224 valence electrons. The first-order valence-corrected chi connectivity index (χ1v) is 17.2. The van der Waals surface area contributed by atoms with E-state index in [0.717, 1.165) is 0 Å². The van der Waals surface area contributed by atoms with Crippen LogP contribution in [0.1, 0.15) is 0 Å². The van der Waals surface area contributed by atoms with Gasteiger partial charge in [-0.05, 0) is 48.5 Å². The van der Waals surface area contributed by atoms with E-state index in [0.29, 0.717) is 43.6 Å². The number of sulfone groups is 2. The fourth-order valence-electron chi connectivity index (χ4n) is 5.45. The van der Waals surface area contributed by atoms with E-state index in [4.69, 9.17) is 0 Å². The summed E-state index contributed by atoms with van der Waals surface area (Å²) >= 11 is 0. The number of pyridine rings is 4. The van der Waals surface area contributed by atoms with Gasteiger partial charge in [-0.2, -0.15) is 0 Å². The third-order valence-corrected chi connectivity index (χ3v) is 11.3. The first-order valence-electron chi connectivity index (χ1n) is 14.2. The molecule has 0 spiro atoms. The zero-order valence-electron chi connectivity index (χ0n) is 24.1. The van der Waals surface area contributed by atoms with E-state index in [2.05, 4.69) is 19.9 Å². The van der Waals surface area contributed by atoms with E-state index in [1.165, 1.54) is 24.8 Å². The van der Waals surface area contributed by atoms with E-state index in [-0.39, 0.29) is 19.6 Å². The number of nitrogens with zero attached hydrogens (tertiary/aromatic N) is 4. The molecule has 0 atom stereocenters. The van der Waals surface area contributed by atoms with Crippen molar-refractivity contribution in [3.8, 4) is 0 Å². The first-order chi connectivity index (χ1) is 22.4. The van der Waals surface area contributed by atoms with Crippen molar-refractivity contribution in [3.63, 3.8) is 0 Å². The van der Waals surface area contributed by atoms with Gasteiger partial charge in [-0.1, -0.05) is 72.8 Å². The molecule has 0 aliphatic carbocycles. The third-order valence-electron chi connectivity index (χ3n) is 7.59. The second-order valence-electron chi connectivity index (χ2n) is 10.3. The molecule has 0 saturated carbocycles. The maximum Gasteiger partial charge on any atom is 0.208 e. The number of fused-ring (bicyclic) bond motifs is 4. The molecule has 8 rings (SSSR count). The highest BCUT2D eigenvalue weighted by Crippen LogP contribution is 2.32. The summed E-state index contributed by atoms with van der Waals surface area (Å²) in [5, 5.41) is 2.48. The van der Waals surface area contributed by atoms with Crippen LogP contribution >= 0.6 is 0 Å². The second-order valence-corrected chi connectivity index (χ2v) is 14.1. The predicted octanol–water partition coefficient (Wildman–Crippen LogP) is 7.23. The molecule has 10 heteroatoms. The Bertz CT molecular complexity index is 2270. The average molecular weight is 641 g/mol. The van der Waals surface area contributed by atoms with Crippen LogP contribution in [0.15, 0.2) is 166 Å². The fourth-order valence-corrected chi connectivity index (χ4v) is 8.74. The van der Waals surface area contributed by atoms with Gasteiger partial charge in [0.05, 0.1) is 41.6 Å². The molecule has 0 amide bonds. The monoisotopic (exact) mass is 640 g/mol. The zero-order chi connectivity index (χ0) is 31.7. The number of rotatable bonds is 4. The summed E-state index contributed by atoms with van der Waals surface area (Å²) in [4.78, 5) is 18.0. The van der Waals surface area contributed by atoms with Crippen LogP contribution in [0.3, 0.4) is 0 Å². The second kappa shape index (κ2) is 11.7. The van der Waals surface area contributed by atoms with Crippen molar-refractivity contribution in [2.24, 2.45) is 0 Å². The summed E-state index contributed by atoms with van der Waals surface area (Å²) in [6.45, 7) is 0. The van der Waals surface area contributed by atoms with E-state index in [9.17, 15) is 16.8 Å². The minimum absolute atomic E-state index is 0.263. The lowest BCUT2D eigenvalue weighted by Crippen LogP contribution is -2.04. The Kier molecular flexibility index (Phi) is 7.44. The Morgan fingerprint density at radius 2 is 0.522 bits per heavy atom. The molecular formula is C36H24N4O4S2. The van der Waals surface area contributed by atoms with Crippen molar-refractivity contribution in [3.05, 3.63) is 146 Å². The highest BCUT2D eigenvalue weighted by molar-refractivity contribution is 7.92. The largest absolute Gasteiger partial charge is 0.256 e. The minimum atomic E-state index is -3.67. The summed E-state index contributed by atoms with van der Waals surface area (Å²) in [6.07, 6.45) is 6.11. The number of aromatic nitrogens is 4. The van der Waals surface area contributed by atoms with Crippen molar-refractivity contribution >= 4 is 63.3 Å². The lowest BCUT2D eigenvalue weighted by molar-refractivity contribution is 0.596. The van der Waals surface area contributed by atoms with Gasteiger partial charge < -0.3 is 0 Å². The molecule has 4 heterocycles. The SMILES string of the molecule is O=S(=O)(c1ccnc2ccccc12)c1ccnc2ccccc12.O=S(=O)(c1ccnc2ccccc12)c1ccnc2ccccc12. The topological polar surface area (TPSA) is 120 Å². The van der Waals surface area contributed by atoms with Crippen molar-refractivity contribution < 1.29 is 16.8 Å². The Labute approximate surface area is 264 Å². The van der Waals surface area contributed by atoms with Crippen molar-refractivity contribution in [2.75, 3.05) is 0 Å². The molecule has 8 aromatic rings. The van der Waals surface area contributed by atoms with Crippen LogP contribution in [0.5, 0.6) is 0 Å². The van der Waals surface area contributed by atoms with Crippen LogP contribution in [0.2, 0.25) is 0 Å². The van der Waals surface area contributed by atoms with Gasteiger partial charge in [0.25, 0.3) is 0 Å².